The highest BCUT2D eigenvalue weighted by molar-refractivity contribution is 5.71. The quantitative estimate of drug-likeness (QED) is 0.0262. The number of hydrogen-bond acceptors (Lipinski definition) is 6. The van der Waals surface area contributed by atoms with Crippen LogP contribution in [-0.4, -0.2) is 37.2 Å². The molecule has 0 aliphatic heterocycles. The average molecular weight is 933 g/mol. The maximum Gasteiger partial charge on any atom is 0.306 e. The Morgan fingerprint density at radius 3 is 0.970 bits per heavy atom. The van der Waals surface area contributed by atoms with Gasteiger partial charge >= 0.3 is 17.9 Å². The lowest BCUT2D eigenvalue weighted by Crippen LogP contribution is -2.30. The molecule has 0 radical (unpaired) electrons. The summed E-state index contributed by atoms with van der Waals surface area (Å²) < 4.78 is 16.8. The van der Waals surface area contributed by atoms with Crippen LogP contribution in [0, 0.1) is 0 Å². The van der Waals surface area contributed by atoms with Crippen molar-refractivity contribution in [1.29, 1.82) is 0 Å². The first kappa shape index (κ1) is 63.6. The number of carbonyl (C=O) groups is 3. The highest BCUT2D eigenvalue weighted by Gasteiger charge is 2.19. The molecule has 0 bridgehead atoms. The van der Waals surface area contributed by atoms with Crippen molar-refractivity contribution in [2.75, 3.05) is 13.2 Å². The third kappa shape index (κ3) is 53.4. The second-order valence-electron chi connectivity index (χ2n) is 18.5. The van der Waals surface area contributed by atoms with Crippen molar-refractivity contribution >= 4 is 17.9 Å². The molecule has 0 aromatic rings. The predicted octanol–water partition coefficient (Wildman–Crippen LogP) is 18.8. The minimum absolute atomic E-state index is 0.0890. The molecule has 0 aliphatic carbocycles. The van der Waals surface area contributed by atoms with Gasteiger partial charge in [0.25, 0.3) is 0 Å². The molecule has 0 amide bonds. The van der Waals surface area contributed by atoms with Gasteiger partial charge in [-0.05, 0) is 109 Å². The third-order valence-electron chi connectivity index (χ3n) is 11.9. The van der Waals surface area contributed by atoms with Gasteiger partial charge in [0.2, 0.25) is 0 Å². The summed E-state index contributed by atoms with van der Waals surface area (Å²) in [5.41, 5.74) is 0. The minimum atomic E-state index is -0.791. The maximum atomic E-state index is 12.8. The van der Waals surface area contributed by atoms with E-state index in [-0.39, 0.29) is 31.1 Å². The van der Waals surface area contributed by atoms with Gasteiger partial charge in [0.15, 0.2) is 6.10 Å². The summed E-state index contributed by atoms with van der Waals surface area (Å²) in [7, 11) is 0. The standard InChI is InChI=1S/C61H104O6/c1-4-7-10-13-16-19-22-25-28-29-30-31-32-33-34-37-39-42-45-48-51-54-60(63)66-57-58(67-61(64)55-52-49-46-43-40-36-27-24-21-18-15-12-9-6-3)56-65-59(62)53-50-47-44-41-38-35-26-23-20-17-14-11-8-5-2/h7,10,15-16,18-19,23-28,30-31,58H,4-6,8-9,11-14,17,20-22,29,32-57H2,1-3H3/b10-7-,18-15-,19-16-,26-23-,27-24-,28-25-,31-30-. The summed E-state index contributed by atoms with van der Waals surface area (Å²) in [4.78, 5) is 38.1. The van der Waals surface area contributed by atoms with E-state index in [0.717, 1.165) is 122 Å². The van der Waals surface area contributed by atoms with Gasteiger partial charge in [0, 0.05) is 19.3 Å². The van der Waals surface area contributed by atoms with Crippen LogP contribution in [0.5, 0.6) is 0 Å². The smallest absolute Gasteiger partial charge is 0.306 e. The van der Waals surface area contributed by atoms with Crippen molar-refractivity contribution in [2.45, 2.75) is 271 Å². The van der Waals surface area contributed by atoms with Gasteiger partial charge < -0.3 is 14.2 Å². The Morgan fingerprint density at radius 1 is 0.313 bits per heavy atom. The maximum absolute atomic E-state index is 12.8. The lowest BCUT2D eigenvalue weighted by Gasteiger charge is -2.18. The molecule has 0 saturated carbocycles. The molecule has 0 aromatic heterocycles. The molecule has 0 aliphatic rings. The predicted molar refractivity (Wildman–Crippen MR) is 288 cm³/mol. The van der Waals surface area contributed by atoms with Gasteiger partial charge in [-0.15, -0.1) is 0 Å². The number of hydrogen-bond donors (Lipinski definition) is 0. The first-order chi connectivity index (χ1) is 33.0. The molecule has 67 heavy (non-hydrogen) atoms. The zero-order valence-corrected chi connectivity index (χ0v) is 43.9. The van der Waals surface area contributed by atoms with E-state index in [0.29, 0.717) is 19.3 Å². The van der Waals surface area contributed by atoms with Crippen molar-refractivity contribution in [1.82, 2.24) is 0 Å². The van der Waals surface area contributed by atoms with E-state index in [1.54, 1.807) is 0 Å². The van der Waals surface area contributed by atoms with Gasteiger partial charge in [-0.2, -0.15) is 0 Å². The molecule has 1 unspecified atom stereocenters. The summed E-state index contributed by atoms with van der Waals surface area (Å²) in [6.07, 6.45) is 71.4. The fraction of sp³-hybridized carbons (Fsp3) is 0.721. The highest BCUT2D eigenvalue weighted by Crippen LogP contribution is 2.14. The third-order valence-corrected chi connectivity index (χ3v) is 11.9. The summed E-state index contributed by atoms with van der Waals surface area (Å²) in [6.45, 7) is 6.46. The van der Waals surface area contributed by atoms with Crippen LogP contribution >= 0.6 is 0 Å². The number of unbranched alkanes of at least 4 members (excludes halogenated alkanes) is 25. The van der Waals surface area contributed by atoms with Crippen LogP contribution in [0.15, 0.2) is 85.1 Å². The fourth-order valence-electron chi connectivity index (χ4n) is 7.62. The van der Waals surface area contributed by atoms with E-state index in [2.05, 4.69) is 106 Å². The minimum Gasteiger partial charge on any atom is -0.462 e. The molecule has 0 N–H and O–H groups in total. The molecule has 0 heterocycles. The molecule has 6 nitrogen and oxygen atoms in total. The summed E-state index contributed by atoms with van der Waals surface area (Å²) in [6, 6.07) is 0. The summed E-state index contributed by atoms with van der Waals surface area (Å²) in [5, 5.41) is 0. The van der Waals surface area contributed by atoms with Gasteiger partial charge in [-0.3, -0.25) is 14.4 Å². The lowest BCUT2D eigenvalue weighted by atomic mass is 10.1. The molecule has 384 valence electrons. The first-order valence-electron chi connectivity index (χ1n) is 28.1. The van der Waals surface area contributed by atoms with Crippen LogP contribution < -0.4 is 0 Å². The average Bonchev–Trinajstić information content (AvgIpc) is 3.33. The van der Waals surface area contributed by atoms with Crippen molar-refractivity contribution in [3.05, 3.63) is 85.1 Å². The Bertz CT molecular complexity index is 1300. The van der Waals surface area contributed by atoms with E-state index >= 15 is 0 Å². The Labute approximate surface area is 414 Å². The largest absolute Gasteiger partial charge is 0.462 e. The van der Waals surface area contributed by atoms with E-state index < -0.39 is 6.10 Å². The normalized spacial score (nSPS) is 12.7. The Balaban J connectivity index is 4.39. The molecule has 0 rings (SSSR count). The van der Waals surface area contributed by atoms with Crippen LogP contribution in [0.4, 0.5) is 0 Å². The lowest BCUT2D eigenvalue weighted by molar-refractivity contribution is -0.167. The van der Waals surface area contributed by atoms with Crippen LogP contribution in [0.1, 0.15) is 265 Å². The van der Waals surface area contributed by atoms with E-state index in [9.17, 15) is 14.4 Å². The van der Waals surface area contributed by atoms with Crippen molar-refractivity contribution < 1.29 is 28.6 Å². The Hall–Kier alpha value is -3.41. The Morgan fingerprint density at radius 2 is 0.597 bits per heavy atom. The van der Waals surface area contributed by atoms with Gasteiger partial charge in [0.1, 0.15) is 13.2 Å². The number of rotatable bonds is 50. The van der Waals surface area contributed by atoms with Crippen LogP contribution in [0.3, 0.4) is 0 Å². The van der Waals surface area contributed by atoms with Crippen LogP contribution in [0.2, 0.25) is 0 Å². The topological polar surface area (TPSA) is 78.9 Å². The van der Waals surface area contributed by atoms with Gasteiger partial charge in [-0.1, -0.05) is 221 Å². The number of esters is 3. The van der Waals surface area contributed by atoms with Gasteiger partial charge in [0.05, 0.1) is 0 Å². The molecule has 0 saturated heterocycles. The van der Waals surface area contributed by atoms with Crippen LogP contribution in [0.25, 0.3) is 0 Å². The van der Waals surface area contributed by atoms with Crippen molar-refractivity contribution in [2.24, 2.45) is 0 Å². The highest BCUT2D eigenvalue weighted by atomic mass is 16.6. The first-order valence-corrected chi connectivity index (χ1v) is 28.1. The number of ether oxygens (including phenoxy) is 3. The molecule has 0 fully saturated rings. The van der Waals surface area contributed by atoms with E-state index in [1.165, 1.54) is 103 Å². The fourth-order valence-corrected chi connectivity index (χ4v) is 7.62. The second-order valence-corrected chi connectivity index (χ2v) is 18.5. The van der Waals surface area contributed by atoms with Gasteiger partial charge in [-0.25, -0.2) is 0 Å². The van der Waals surface area contributed by atoms with E-state index in [1.807, 2.05) is 0 Å². The van der Waals surface area contributed by atoms with Crippen molar-refractivity contribution in [3.63, 3.8) is 0 Å². The molecule has 6 heteroatoms. The van der Waals surface area contributed by atoms with Crippen molar-refractivity contribution in [3.8, 4) is 0 Å². The summed E-state index contributed by atoms with van der Waals surface area (Å²) >= 11 is 0. The number of allylic oxidation sites excluding steroid dienone is 14. The van der Waals surface area contributed by atoms with E-state index in [4.69, 9.17) is 14.2 Å². The monoisotopic (exact) mass is 933 g/mol. The molecular formula is C61H104O6. The molecular weight excluding hydrogens is 829 g/mol. The molecule has 0 spiro atoms. The summed E-state index contributed by atoms with van der Waals surface area (Å²) in [5.74, 6) is -0.915. The molecule has 0 aromatic carbocycles. The number of carbonyl (C=O) groups excluding carboxylic acids is 3. The second kappa shape index (κ2) is 55.2. The zero-order valence-electron chi connectivity index (χ0n) is 43.9. The SMILES string of the molecule is CC/C=C\C/C=C\C/C=C\C/C=C\CCCCCCCCCCC(=O)OCC(COC(=O)CCCCCCC/C=C\CCCCCCC)OC(=O)CCCCCCC/C=C\C/C=C\CCCC. The zero-order chi connectivity index (χ0) is 48.6. The molecule has 1 atom stereocenters. The Kier molecular flexibility index (Phi) is 52.4. The van der Waals surface area contributed by atoms with Crippen LogP contribution in [-0.2, 0) is 28.6 Å².